The largest absolute Gasteiger partial charge is 0.480 e. The maximum atomic E-state index is 12.6. The van der Waals surface area contributed by atoms with Gasteiger partial charge < -0.3 is 38.3 Å². The van der Waals surface area contributed by atoms with Crippen molar-refractivity contribution in [3.63, 3.8) is 0 Å². The number of aliphatic carboxylic acids is 1. The smallest absolute Gasteiger partial charge is 0.326 e. The molecular weight excluding hydrogens is 408 g/mol. The Labute approximate surface area is 182 Å². The fourth-order valence-electron chi connectivity index (χ4n) is 2.64. The third kappa shape index (κ3) is 11.3. The van der Waals surface area contributed by atoms with Crippen LogP contribution in [0.1, 0.15) is 52.9 Å². The van der Waals surface area contributed by atoms with E-state index in [9.17, 15) is 29.1 Å². The molecule has 4 unspecified atom stereocenters. The predicted molar refractivity (Wildman–Crippen MR) is 113 cm³/mol. The van der Waals surface area contributed by atoms with Crippen LogP contribution in [0.2, 0.25) is 0 Å². The van der Waals surface area contributed by atoms with Crippen LogP contribution in [-0.4, -0.2) is 65.4 Å². The molecule has 0 saturated heterocycles. The van der Waals surface area contributed by atoms with E-state index in [1.807, 2.05) is 0 Å². The van der Waals surface area contributed by atoms with Crippen molar-refractivity contribution in [3.05, 3.63) is 0 Å². The Kier molecular flexibility index (Phi) is 13.0. The van der Waals surface area contributed by atoms with Gasteiger partial charge >= 0.3 is 5.97 Å². The van der Waals surface area contributed by atoms with Gasteiger partial charge in [-0.2, -0.15) is 0 Å². The molecule has 0 bridgehead atoms. The van der Waals surface area contributed by atoms with E-state index in [4.69, 9.17) is 17.2 Å². The van der Waals surface area contributed by atoms with Crippen molar-refractivity contribution in [3.8, 4) is 0 Å². The summed E-state index contributed by atoms with van der Waals surface area (Å²) in [5.74, 6) is -4.25. The standard InChI is InChI=1S/C19H36N6O6/c1-10(2)15(18(29)24-13(19(30)31)7-8-14(22)26)25-16(27)11(3)23-17(28)12(21)6-4-5-9-20/h10-13,15H,4-9,20-21H2,1-3H3,(H2,22,26)(H,23,28)(H,24,29)(H,25,27)(H,30,31). The molecule has 10 N–H and O–H groups in total. The van der Waals surface area contributed by atoms with Gasteiger partial charge in [0.15, 0.2) is 0 Å². The summed E-state index contributed by atoms with van der Waals surface area (Å²) in [7, 11) is 0. The first-order chi connectivity index (χ1) is 14.4. The van der Waals surface area contributed by atoms with Gasteiger partial charge in [0.1, 0.15) is 18.1 Å². The monoisotopic (exact) mass is 444 g/mol. The first-order valence-corrected chi connectivity index (χ1v) is 10.3. The molecule has 0 spiro atoms. The van der Waals surface area contributed by atoms with E-state index in [-0.39, 0.29) is 18.8 Å². The SMILES string of the molecule is CC(NC(=O)C(N)CCCCN)C(=O)NC(C(=O)NC(CCC(N)=O)C(=O)O)C(C)C. The minimum atomic E-state index is -1.33. The van der Waals surface area contributed by atoms with E-state index >= 15 is 0 Å². The van der Waals surface area contributed by atoms with Crippen LogP contribution < -0.4 is 33.2 Å². The van der Waals surface area contributed by atoms with Crippen LogP contribution in [0.25, 0.3) is 0 Å². The molecule has 178 valence electrons. The van der Waals surface area contributed by atoms with Crippen LogP contribution in [0.5, 0.6) is 0 Å². The molecule has 12 nitrogen and oxygen atoms in total. The Morgan fingerprint density at radius 1 is 0.871 bits per heavy atom. The van der Waals surface area contributed by atoms with Crippen molar-refractivity contribution >= 4 is 29.6 Å². The van der Waals surface area contributed by atoms with Crippen LogP contribution in [0.4, 0.5) is 0 Å². The predicted octanol–water partition coefficient (Wildman–Crippen LogP) is -2.08. The highest BCUT2D eigenvalue weighted by Gasteiger charge is 2.30. The lowest BCUT2D eigenvalue weighted by Crippen LogP contribution is -2.57. The fraction of sp³-hybridized carbons (Fsp3) is 0.737. The molecule has 0 fully saturated rings. The van der Waals surface area contributed by atoms with Gasteiger partial charge in [-0.25, -0.2) is 4.79 Å². The summed E-state index contributed by atoms with van der Waals surface area (Å²) in [5, 5.41) is 16.6. The number of rotatable bonds is 15. The van der Waals surface area contributed by atoms with Crippen molar-refractivity contribution < 1.29 is 29.1 Å². The molecule has 0 saturated carbocycles. The second-order valence-electron chi connectivity index (χ2n) is 7.76. The number of nitrogens with two attached hydrogens (primary N) is 3. The zero-order valence-corrected chi connectivity index (χ0v) is 18.3. The highest BCUT2D eigenvalue weighted by Crippen LogP contribution is 2.06. The van der Waals surface area contributed by atoms with E-state index in [0.717, 1.165) is 6.42 Å². The molecule has 12 heteroatoms. The highest BCUT2D eigenvalue weighted by atomic mass is 16.4. The molecule has 4 atom stereocenters. The number of carbonyl (C=O) groups excluding carboxylic acids is 4. The Morgan fingerprint density at radius 3 is 1.97 bits per heavy atom. The average molecular weight is 445 g/mol. The third-order valence-electron chi connectivity index (χ3n) is 4.60. The molecule has 31 heavy (non-hydrogen) atoms. The number of hydrogen-bond donors (Lipinski definition) is 7. The van der Waals surface area contributed by atoms with Crippen molar-refractivity contribution in [2.24, 2.45) is 23.1 Å². The molecular formula is C19H36N6O6. The summed E-state index contributed by atoms with van der Waals surface area (Å²) in [5.41, 5.74) is 16.2. The number of hydrogen-bond acceptors (Lipinski definition) is 7. The number of unbranched alkanes of at least 4 members (excludes halogenated alkanes) is 1. The van der Waals surface area contributed by atoms with E-state index in [1.54, 1.807) is 13.8 Å². The number of carbonyl (C=O) groups is 5. The number of carboxylic acids is 1. The maximum Gasteiger partial charge on any atom is 0.326 e. The lowest BCUT2D eigenvalue weighted by Gasteiger charge is -2.26. The van der Waals surface area contributed by atoms with E-state index in [1.165, 1.54) is 6.92 Å². The molecule has 0 aromatic rings. The minimum Gasteiger partial charge on any atom is -0.480 e. The van der Waals surface area contributed by atoms with Gasteiger partial charge in [-0.1, -0.05) is 20.3 Å². The summed E-state index contributed by atoms with van der Waals surface area (Å²) in [6, 6.07) is -4.14. The Balaban J connectivity index is 4.93. The second-order valence-corrected chi connectivity index (χ2v) is 7.76. The summed E-state index contributed by atoms with van der Waals surface area (Å²) < 4.78 is 0. The molecule has 0 radical (unpaired) electrons. The molecule has 0 aromatic heterocycles. The molecule has 0 heterocycles. The van der Waals surface area contributed by atoms with E-state index in [2.05, 4.69) is 16.0 Å². The summed E-state index contributed by atoms with van der Waals surface area (Å²) >= 11 is 0. The summed E-state index contributed by atoms with van der Waals surface area (Å²) in [4.78, 5) is 59.4. The molecule has 0 aliphatic rings. The molecule has 4 amide bonds. The van der Waals surface area contributed by atoms with Crippen LogP contribution >= 0.6 is 0 Å². The van der Waals surface area contributed by atoms with Gasteiger partial charge in [0, 0.05) is 6.42 Å². The Morgan fingerprint density at radius 2 is 1.48 bits per heavy atom. The van der Waals surface area contributed by atoms with Crippen molar-refractivity contribution in [1.82, 2.24) is 16.0 Å². The number of nitrogens with one attached hydrogen (secondary N) is 3. The van der Waals surface area contributed by atoms with E-state index in [0.29, 0.717) is 19.4 Å². The quantitative estimate of drug-likeness (QED) is 0.139. The lowest BCUT2D eigenvalue weighted by atomic mass is 10.0. The third-order valence-corrected chi connectivity index (χ3v) is 4.60. The minimum absolute atomic E-state index is 0.177. The van der Waals surface area contributed by atoms with Crippen molar-refractivity contribution in [2.75, 3.05) is 6.54 Å². The zero-order chi connectivity index (χ0) is 24.1. The highest BCUT2D eigenvalue weighted by molar-refractivity contribution is 5.94. The topological polar surface area (TPSA) is 220 Å². The molecule has 0 rings (SSSR count). The van der Waals surface area contributed by atoms with Crippen molar-refractivity contribution in [2.45, 2.75) is 77.0 Å². The zero-order valence-electron chi connectivity index (χ0n) is 18.3. The maximum absolute atomic E-state index is 12.6. The molecule has 0 aliphatic carbocycles. The molecule has 0 aromatic carbocycles. The van der Waals surface area contributed by atoms with Crippen LogP contribution in [0.3, 0.4) is 0 Å². The second kappa shape index (κ2) is 14.3. The normalized spacial score (nSPS) is 14.8. The Hall–Kier alpha value is -2.73. The van der Waals surface area contributed by atoms with Gasteiger partial charge in [-0.3, -0.25) is 19.2 Å². The van der Waals surface area contributed by atoms with Gasteiger partial charge in [-0.05, 0) is 38.6 Å². The van der Waals surface area contributed by atoms with Crippen LogP contribution in [0, 0.1) is 5.92 Å². The van der Waals surface area contributed by atoms with Crippen molar-refractivity contribution in [1.29, 1.82) is 0 Å². The number of primary amides is 1. The van der Waals surface area contributed by atoms with Crippen LogP contribution in [-0.2, 0) is 24.0 Å². The summed E-state index contributed by atoms with van der Waals surface area (Å²) in [6.45, 7) is 5.28. The number of carboxylic acid groups (broad SMARTS) is 1. The van der Waals surface area contributed by atoms with Crippen LogP contribution in [0.15, 0.2) is 0 Å². The first-order valence-electron chi connectivity index (χ1n) is 10.3. The lowest BCUT2D eigenvalue weighted by molar-refractivity contribution is -0.143. The first kappa shape index (κ1) is 28.3. The Bertz CT molecular complexity index is 641. The van der Waals surface area contributed by atoms with Gasteiger partial charge in [0.05, 0.1) is 6.04 Å². The van der Waals surface area contributed by atoms with E-state index < -0.39 is 53.8 Å². The summed E-state index contributed by atoms with van der Waals surface area (Å²) in [6.07, 6.45) is 1.45. The van der Waals surface area contributed by atoms with Gasteiger partial charge in [0.2, 0.25) is 23.6 Å². The average Bonchev–Trinajstić information content (AvgIpc) is 2.67. The molecule has 0 aliphatic heterocycles. The number of amides is 4. The van der Waals surface area contributed by atoms with Gasteiger partial charge in [0.25, 0.3) is 0 Å². The van der Waals surface area contributed by atoms with Gasteiger partial charge in [-0.15, -0.1) is 0 Å². The fourth-order valence-corrected chi connectivity index (χ4v) is 2.64.